The van der Waals surface area contributed by atoms with E-state index in [0.717, 1.165) is 13.1 Å². The molecule has 0 aromatic heterocycles. The molecule has 1 fully saturated rings. The maximum Gasteiger partial charge on any atom is 0.0261 e. The van der Waals surface area contributed by atoms with Crippen LogP contribution in [0.25, 0.3) is 0 Å². The fourth-order valence-corrected chi connectivity index (χ4v) is 3.10. The van der Waals surface area contributed by atoms with Gasteiger partial charge in [0.25, 0.3) is 0 Å². The highest BCUT2D eigenvalue weighted by atomic mass is 15.2. The number of benzene rings is 1. The fraction of sp³-hybridized carbons (Fsp3) is 0.667. The molecule has 0 aliphatic carbocycles. The van der Waals surface area contributed by atoms with Crippen molar-refractivity contribution in [2.75, 3.05) is 26.2 Å². The molecule has 0 saturated carbocycles. The lowest BCUT2D eigenvalue weighted by Crippen LogP contribution is -2.52. The molecule has 0 spiro atoms. The van der Waals surface area contributed by atoms with Crippen LogP contribution in [-0.4, -0.2) is 37.1 Å². The van der Waals surface area contributed by atoms with E-state index in [1.807, 2.05) is 0 Å². The molecule has 0 radical (unpaired) electrons. The molecule has 1 N–H and O–H groups in total. The SMILES string of the molecule is CCCCCCCN1CCNCC1Cc1ccccc1. The second kappa shape index (κ2) is 9.15. The van der Waals surface area contributed by atoms with Crippen molar-refractivity contribution in [1.82, 2.24) is 10.2 Å². The van der Waals surface area contributed by atoms with Crippen LogP contribution in [0, 0.1) is 0 Å². The Morgan fingerprint density at radius 1 is 1.10 bits per heavy atom. The van der Waals surface area contributed by atoms with E-state index < -0.39 is 0 Å². The molecule has 1 unspecified atom stereocenters. The fourth-order valence-electron chi connectivity index (χ4n) is 3.10. The Hall–Kier alpha value is -0.860. The predicted molar refractivity (Wildman–Crippen MR) is 87.1 cm³/mol. The third kappa shape index (κ3) is 5.26. The highest BCUT2D eigenvalue weighted by Crippen LogP contribution is 2.13. The Bertz CT molecular complexity index is 350. The molecule has 112 valence electrons. The van der Waals surface area contributed by atoms with Gasteiger partial charge >= 0.3 is 0 Å². The van der Waals surface area contributed by atoms with Crippen LogP contribution in [-0.2, 0) is 6.42 Å². The standard InChI is InChI=1S/C18H30N2/c1-2-3-4-5-9-13-20-14-12-19-16-18(20)15-17-10-7-6-8-11-17/h6-8,10-11,18-19H,2-5,9,12-16H2,1H3. The van der Waals surface area contributed by atoms with Gasteiger partial charge in [0.1, 0.15) is 0 Å². The molecule has 1 aromatic rings. The molecule has 1 aliphatic rings. The maximum absolute atomic E-state index is 3.55. The Morgan fingerprint density at radius 2 is 1.90 bits per heavy atom. The molecule has 1 saturated heterocycles. The van der Waals surface area contributed by atoms with Crippen LogP contribution >= 0.6 is 0 Å². The average molecular weight is 274 g/mol. The van der Waals surface area contributed by atoms with Gasteiger partial charge in [-0.15, -0.1) is 0 Å². The van der Waals surface area contributed by atoms with Crippen molar-refractivity contribution in [3.05, 3.63) is 35.9 Å². The number of hydrogen-bond acceptors (Lipinski definition) is 2. The molecule has 2 nitrogen and oxygen atoms in total. The van der Waals surface area contributed by atoms with Crippen molar-refractivity contribution in [2.45, 2.75) is 51.5 Å². The first-order chi connectivity index (χ1) is 9.90. The van der Waals surface area contributed by atoms with Crippen molar-refractivity contribution < 1.29 is 0 Å². The van der Waals surface area contributed by atoms with Crippen molar-refractivity contribution in [3.8, 4) is 0 Å². The molecule has 1 aromatic carbocycles. The van der Waals surface area contributed by atoms with Gasteiger partial charge in [0.2, 0.25) is 0 Å². The molecule has 0 amide bonds. The summed E-state index contributed by atoms with van der Waals surface area (Å²) >= 11 is 0. The van der Waals surface area contributed by atoms with Crippen molar-refractivity contribution in [2.24, 2.45) is 0 Å². The van der Waals surface area contributed by atoms with E-state index in [-0.39, 0.29) is 0 Å². The van der Waals surface area contributed by atoms with Crippen LogP contribution in [0.15, 0.2) is 30.3 Å². The summed E-state index contributed by atoms with van der Waals surface area (Å²) in [5.74, 6) is 0. The lowest BCUT2D eigenvalue weighted by atomic mass is 10.0. The molecule has 2 rings (SSSR count). The molecule has 1 heterocycles. The van der Waals surface area contributed by atoms with E-state index in [1.54, 1.807) is 0 Å². The van der Waals surface area contributed by atoms with Gasteiger partial charge < -0.3 is 5.32 Å². The zero-order valence-corrected chi connectivity index (χ0v) is 13.0. The van der Waals surface area contributed by atoms with Gasteiger partial charge in [0, 0.05) is 25.7 Å². The van der Waals surface area contributed by atoms with Gasteiger partial charge in [-0.2, -0.15) is 0 Å². The van der Waals surface area contributed by atoms with Gasteiger partial charge in [0.15, 0.2) is 0 Å². The highest BCUT2D eigenvalue weighted by Gasteiger charge is 2.21. The van der Waals surface area contributed by atoms with Crippen LogP contribution in [0.5, 0.6) is 0 Å². The number of nitrogens with one attached hydrogen (secondary N) is 1. The van der Waals surface area contributed by atoms with Gasteiger partial charge in [0.05, 0.1) is 0 Å². The van der Waals surface area contributed by atoms with E-state index in [1.165, 1.54) is 57.2 Å². The molecular formula is C18H30N2. The third-order valence-electron chi connectivity index (χ3n) is 4.34. The summed E-state index contributed by atoms with van der Waals surface area (Å²) in [6, 6.07) is 11.6. The predicted octanol–water partition coefficient (Wildman–Crippen LogP) is 3.47. The smallest absolute Gasteiger partial charge is 0.0261 e. The molecule has 20 heavy (non-hydrogen) atoms. The first-order valence-electron chi connectivity index (χ1n) is 8.39. The van der Waals surface area contributed by atoms with Crippen LogP contribution in [0.1, 0.15) is 44.6 Å². The summed E-state index contributed by atoms with van der Waals surface area (Å²) in [4.78, 5) is 2.70. The van der Waals surface area contributed by atoms with E-state index in [0.29, 0.717) is 6.04 Å². The molecule has 0 bridgehead atoms. The maximum atomic E-state index is 3.55. The van der Waals surface area contributed by atoms with Gasteiger partial charge in [-0.05, 0) is 24.9 Å². The first-order valence-corrected chi connectivity index (χ1v) is 8.39. The van der Waals surface area contributed by atoms with Crippen LogP contribution in [0.4, 0.5) is 0 Å². The second-order valence-corrected chi connectivity index (χ2v) is 6.00. The summed E-state index contributed by atoms with van der Waals surface area (Å²) in [5.41, 5.74) is 1.47. The van der Waals surface area contributed by atoms with Crippen molar-refractivity contribution >= 4 is 0 Å². The topological polar surface area (TPSA) is 15.3 Å². The van der Waals surface area contributed by atoms with Crippen molar-refractivity contribution in [3.63, 3.8) is 0 Å². The monoisotopic (exact) mass is 274 g/mol. The summed E-state index contributed by atoms with van der Waals surface area (Å²) < 4.78 is 0. The zero-order chi connectivity index (χ0) is 14.0. The van der Waals surface area contributed by atoms with Gasteiger partial charge in [-0.3, -0.25) is 4.90 Å². The summed E-state index contributed by atoms with van der Waals surface area (Å²) in [6.07, 6.45) is 8.09. The lowest BCUT2D eigenvalue weighted by Gasteiger charge is -2.36. The first kappa shape index (κ1) is 15.5. The van der Waals surface area contributed by atoms with Crippen LogP contribution < -0.4 is 5.32 Å². The molecule has 2 heteroatoms. The Kier molecular flexibility index (Phi) is 7.10. The lowest BCUT2D eigenvalue weighted by molar-refractivity contribution is 0.157. The second-order valence-electron chi connectivity index (χ2n) is 6.00. The number of unbranched alkanes of at least 4 members (excludes halogenated alkanes) is 4. The van der Waals surface area contributed by atoms with Crippen LogP contribution in [0.2, 0.25) is 0 Å². The zero-order valence-electron chi connectivity index (χ0n) is 13.0. The van der Waals surface area contributed by atoms with E-state index in [2.05, 4.69) is 47.5 Å². The number of piperazine rings is 1. The minimum atomic E-state index is 0.678. The molecular weight excluding hydrogens is 244 g/mol. The summed E-state index contributed by atoms with van der Waals surface area (Å²) in [5, 5.41) is 3.55. The third-order valence-corrected chi connectivity index (χ3v) is 4.34. The van der Waals surface area contributed by atoms with Gasteiger partial charge in [-0.1, -0.05) is 62.9 Å². The normalized spacial score (nSPS) is 20.1. The Balaban J connectivity index is 1.76. The minimum absolute atomic E-state index is 0.678. The van der Waals surface area contributed by atoms with Crippen molar-refractivity contribution in [1.29, 1.82) is 0 Å². The number of hydrogen-bond donors (Lipinski definition) is 1. The molecule has 1 atom stereocenters. The average Bonchev–Trinajstić information content (AvgIpc) is 2.50. The number of rotatable bonds is 8. The number of nitrogens with zero attached hydrogens (tertiary/aromatic N) is 1. The quantitative estimate of drug-likeness (QED) is 0.730. The van der Waals surface area contributed by atoms with E-state index >= 15 is 0 Å². The van der Waals surface area contributed by atoms with Crippen LogP contribution in [0.3, 0.4) is 0 Å². The van der Waals surface area contributed by atoms with Gasteiger partial charge in [-0.25, -0.2) is 0 Å². The largest absolute Gasteiger partial charge is 0.314 e. The summed E-state index contributed by atoms with van der Waals surface area (Å²) in [6.45, 7) is 7.07. The summed E-state index contributed by atoms with van der Waals surface area (Å²) in [7, 11) is 0. The Morgan fingerprint density at radius 3 is 2.70 bits per heavy atom. The minimum Gasteiger partial charge on any atom is -0.314 e. The highest BCUT2D eigenvalue weighted by molar-refractivity contribution is 5.16. The van der Waals surface area contributed by atoms with E-state index in [9.17, 15) is 0 Å². The molecule has 1 aliphatic heterocycles. The van der Waals surface area contributed by atoms with E-state index in [4.69, 9.17) is 0 Å². The Labute approximate surface area is 124 Å².